The predicted molar refractivity (Wildman–Crippen MR) is 82.5 cm³/mol. The Hall–Kier alpha value is -1.46. The van der Waals surface area contributed by atoms with Crippen molar-refractivity contribution in [3.63, 3.8) is 0 Å². The number of nitrogens with zero attached hydrogens (tertiary/aromatic N) is 4. The molecule has 0 bridgehead atoms. The molecule has 3 aromatic rings. The van der Waals surface area contributed by atoms with Crippen LogP contribution < -0.4 is 0 Å². The van der Waals surface area contributed by atoms with Crippen molar-refractivity contribution in [2.45, 2.75) is 32.7 Å². The summed E-state index contributed by atoms with van der Waals surface area (Å²) in [6, 6.07) is 2.04. The van der Waals surface area contributed by atoms with Crippen LogP contribution in [0.3, 0.4) is 0 Å². The molecule has 6 heteroatoms. The van der Waals surface area contributed by atoms with Crippen LogP contribution in [0.25, 0.3) is 11.2 Å². The van der Waals surface area contributed by atoms with Crippen LogP contribution in [0.2, 0.25) is 0 Å². The Morgan fingerprint density at radius 2 is 2.15 bits per heavy atom. The molecule has 0 aliphatic heterocycles. The smallest absolute Gasteiger partial charge is 0.160 e. The number of aryl methyl sites for hydroxylation is 2. The van der Waals surface area contributed by atoms with Crippen molar-refractivity contribution in [1.82, 2.24) is 19.5 Å². The number of imidazole rings is 1. The molecule has 4 nitrogen and oxygen atoms in total. The molecular weight excluding hydrogens is 292 g/mol. The number of halogens is 1. The first-order chi connectivity index (χ1) is 9.56. The number of hydrogen-bond donors (Lipinski definition) is 0. The number of aromatic nitrogens is 4. The van der Waals surface area contributed by atoms with Crippen molar-refractivity contribution in [2.75, 3.05) is 0 Å². The van der Waals surface area contributed by atoms with Crippen LogP contribution in [0.4, 0.5) is 0 Å². The van der Waals surface area contributed by atoms with E-state index in [9.17, 15) is 0 Å². The summed E-state index contributed by atoms with van der Waals surface area (Å²) in [4.78, 5) is 14.7. The van der Waals surface area contributed by atoms with E-state index in [0.717, 1.165) is 34.8 Å². The van der Waals surface area contributed by atoms with E-state index in [1.54, 1.807) is 11.3 Å². The van der Waals surface area contributed by atoms with Gasteiger partial charge in [-0.2, -0.15) is 0 Å². The van der Waals surface area contributed by atoms with Gasteiger partial charge < -0.3 is 4.57 Å². The molecule has 1 atom stereocenters. The molecule has 0 aliphatic rings. The molecule has 20 heavy (non-hydrogen) atoms. The molecule has 0 spiro atoms. The van der Waals surface area contributed by atoms with E-state index in [4.69, 9.17) is 11.6 Å². The van der Waals surface area contributed by atoms with Gasteiger partial charge in [-0.3, -0.25) is 0 Å². The Morgan fingerprint density at radius 3 is 2.80 bits per heavy atom. The number of pyridine rings is 1. The Kier molecular flexibility index (Phi) is 3.48. The second-order valence-electron chi connectivity index (χ2n) is 4.89. The first-order valence-electron chi connectivity index (χ1n) is 6.42. The molecule has 3 aromatic heterocycles. The molecule has 1 unspecified atom stereocenters. The van der Waals surface area contributed by atoms with Gasteiger partial charge in [-0.05, 0) is 32.4 Å². The van der Waals surface area contributed by atoms with E-state index in [0.29, 0.717) is 0 Å². The standard InChI is InChI=1S/C14H15ClN4S/c1-8-4-11-14(16-5-8)19(13(18-11)9(2)15)6-12-10(3)17-7-20-12/h4-5,7,9H,6H2,1-3H3. The van der Waals surface area contributed by atoms with Gasteiger partial charge >= 0.3 is 0 Å². The van der Waals surface area contributed by atoms with Gasteiger partial charge in [0.1, 0.15) is 11.3 Å². The highest BCUT2D eigenvalue weighted by Gasteiger charge is 2.17. The van der Waals surface area contributed by atoms with Gasteiger partial charge in [-0.1, -0.05) is 0 Å². The van der Waals surface area contributed by atoms with Gasteiger partial charge in [0.05, 0.1) is 23.1 Å². The third kappa shape index (κ3) is 2.31. The number of alkyl halides is 1. The Labute approximate surface area is 126 Å². The van der Waals surface area contributed by atoms with E-state index in [2.05, 4.69) is 19.5 Å². The molecular formula is C14H15ClN4S. The van der Waals surface area contributed by atoms with Gasteiger partial charge in [-0.25, -0.2) is 15.0 Å². The molecule has 104 valence electrons. The number of thiazole rings is 1. The summed E-state index contributed by atoms with van der Waals surface area (Å²) in [7, 11) is 0. The highest BCUT2D eigenvalue weighted by atomic mass is 35.5. The summed E-state index contributed by atoms with van der Waals surface area (Å²) < 4.78 is 2.09. The second-order valence-corrected chi connectivity index (χ2v) is 6.48. The lowest BCUT2D eigenvalue weighted by Crippen LogP contribution is -2.06. The molecule has 0 radical (unpaired) electrons. The topological polar surface area (TPSA) is 43.6 Å². The molecule has 0 fully saturated rings. The largest absolute Gasteiger partial charge is 0.306 e. The average molecular weight is 307 g/mol. The summed E-state index contributed by atoms with van der Waals surface area (Å²) in [6.07, 6.45) is 1.86. The predicted octanol–water partition coefficient (Wildman–Crippen LogP) is 3.85. The minimum atomic E-state index is -0.155. The summed E-state index contributed by atoms with van der Waals surface area (Å²) in [5, 5.41) is -0.155. The first kappa shape index (κ1) is 13.5. The van der Waals surface area contributed by atoms with Crippen LogP contribution in [0.5, 0.6) is 0 Å². The van der Waals surface area contributed by atoms with E-state index < -0.39 is 0 Å². The first-order valence-corrected chi connectivity index (χ1v) is 7.73. The number of fused-ring (bicyclic) bond motifs is 1. The number of hydrogen-bond acceptors (Lipinski definition) is 4. The summed E-state index contributed by atoms with van der Waals surface area (Å²) in [5.74, 6) is 0.854. The van der Waals surface area contributed by atoms with Crippen LogP contribution in [-0.4, -0.2) is 19.5 Å². The van der Waals surface area contributed by atoms with Crippen LogP contribution in [0.15, 0.2) is 17.8 Å². The van der Waals surface area contributed by atoms with E-state index >= 15 is 0 Å². The molecule has 0 saturated carbocycles. The van der Waals surface area contributed by atoms with Crippen molar-refractivity contribution in [3.05, 3.63) is 39.7 Å². The zero-order valence-electron chi connectivity index (χ0n) is 11.6. The fraction of sp³-hybridized carbons (Fsp3) is 0.357. The Balaban J connectivity index is 2.16. The van der Waals surface area contributed by atoms with Crippen LogP contribution in [0.1, 0.15) is 34.3 Å². The zero-order chi connectivity index (χ0) is 14.3. The highest BCUT2D eigenvalue weighted by molar-refractivity contribution is 7.09. The fourth-order valence-electron chi connectivity index (χ4n) is 2.21. The van der Waals surface area contributed by atoms with Crippen LogP contribution >= 0.6 is 22.9 Å². The summed E-state index contributed by atoms with van der Waals surface area (Å²) in [5.41, 5.74) is 5.80. The second kappa shape index (κ2) is 5.14. The fourth-order valence-corrected chi connectivity index (χ4v) is 3.14. The number of rotatable bonds is 3. The van der Waals surface area contributed by atoms with Crippen molar-refractivity contribution in [1.29, 1.82) is 0 Å². The molecule has 0 saturated heterocycles. The molecule has 0 N–H and O–H groups in total. The van der Waals surface area contributed by atoms with E-state index in [-0.39, 0.29) is 5.38 Å². The lowest BCUT2D eigenvalue weighted by molar-refractivity contribution is 0.739. The van der Waals surface area contributed by atoms with Crippen LogP contribution in [-0.2, 0) is 6.54 Å². The third-order valence-corrected chi connectivity index (χ3v) is 4.37. The van der Waals surface area contributed by atoms with Gasteiger partial charge in [0.15, 0.2) is 5.65 Å². The van der Waals surface area contributed by atoms with Gasteiger partial charge in [-0.15, -0.1) is 22.9 Å². The van der Waals surface area contributed by atoms with Crippen molar-refractivity contribution in [3.8, 4) is 0 Å². The average Bonchev–Trinajstić information content (AvgIpc) is 2.95. The Bertz CT molecular complexity index is 760. The lowest BCUT2D eigenvalue weighted by Gasteiger charge is -2.09. The third-order valence-electron chi connectivity index (χ3n) is 3.25. The van der Waals surface area contributed by atoms with Gasteiger partial charge in [0, 0.05) is 11.1 Å². The minimum absolute atomic E-state index is 0.155. The maximum atomic E-state index is 6.28. The molecule has 0 amide bonds. The van der Waals surface area contributed by atoms with Gasteiger partial charge in [0.25, 0.3) is 0 Å². The molecule has 3 heterocycles. The lowest BCUT2D eigenvalue weighted by atomic mass is 10.3. The van der Waals surface area contributed by atoms with Crippen LogP contribution in [0, 0.1) is 13.8 Å². The zero-order valence-corrected chi connectivity index (χ0v) is 13.2. The maximum absolute atomic E-state index is 6.28. The normalized spacial score (nSPS) is 13.0. The molecule has 0 aromatic carbocycles. The summed E-state index contributed by atoms with van der Waals surface area (Å²) >= 11 is 7.93. The van der Waals surface area contributed by atoms with Crippen molar-refractivity contribution < 1.29 is 0 Å². The molecule has 0 aliphatic carbocycles. The van der Waals surface area contributed by atoms with E-state index in [1.807, 2.05) is 38.5 Å². The monoisotopic (exact) mass is 306 g/mol. The SMILES string of the molecule is Cc1cnc2c(c1)nc(C(C)Cl)n2Cc1scnc1C. The van der Waals surface area contributed by atoms with Crippen molar-refractivity contribution >= 4 is 34.1 Å². The van der Waals surface area contributed by atoms with Crippen molar-refractivity contribution in [2.24, 2.45) is 0 Å². The Morgan fingerprint density at radius 1 is 1.35 bits per heavy atom. The minimum Gasteiger partial charge on any atom is -0.306 e. The van der Waals surface area contributed by atoms with E-state index in [1.165, 1.54) is 4.88 Å². The maximum Gasteiger partial charge on any atom is 0.160 e. The molecule has 3 rings (SSSR count). The van der Waals surface area contributed by atoms with Gasteiger partial charge in [0.2, 0.25) is 0 Å². The quantitative estimate of drug-likeness (QED) is 0.690. The highest BCUT2D eigenvalue weighted by Crippen LogP contribution is 2.26. The summed E-state index contributed by atoms with van der Waals surface area (Å²) in [6.45, 7) is 6.69.